The zero-order chi connectivity index (χ0) is 25.4. The number of sulfonamides is 1. The van der Waals surface area contributed by atoms with E-state index in [1.165, 1.54) is 12.1 Å². The molecule has 0 spiro atoms. The van der Waals surface area contributed by atoms with Gasteiger partial charge in [0.25, 0.3) is 5.91 Å². The van der Waals surface area contributed by atoms with Gasteiger partial charge in [-0.05, 0) is 67.3 Å². The summed E-state index contributed by atoms with van der Waals surface area (Å²) in [6.45, 7) is 3.87. The Hall–Kier alpha value is -2.91. The molecule has 3 rings (SSSR count). The summed E-state index contributed by atoms with van der Waals surface area (Å²) in [5.41, 5.74) is 2.16. The summed E-state index contributed by atoms with van der Waals surface area (Å²) in [6.07, 6.45) is 6.56. The number of nitrogens with zero attached hydrogens (tertiary/aromatic N) is 1. The van der Waals surface area contributed by atoms with Crippen LogP contribution in [0.2, 0.25) is 0 Å². The van der Waals surface area contributed by atoms with Crippen molar-refractivity contribution in [2.75, 3.05) is 6.54 Å². The van der Waals surface area contributed by atoms with E-state index in [2.05, 4.69) is 15.0 Å². The van der Waals surface area contributed by atoms with E-state index in [9.17, 15) is 22.8 Å². The number of Topliss-reactive ketones (excluding diaryl/α,β-unsaturated/α-hetero) is 2. The number of benzene rings is 1. The van der Waals surface area contributed by atoms with Gasteiger partial charge in [0.2, 0.25) is 15.8 Å². The largest absolute Gasteiger partial charge is 0.349 e. The molecule has 2 atom stereocenters. The molecule has 1 aromatic heterocycles. The third kappa shape index (κ3) is 7.29. The normalized spacial score (nSPS) is 18.7. The van der Waals surface area contributed by atoms with Crippen LogP contribution >= 0.6 is 0 Å². The number of hydrogen-bond donors (Lipinski definition) is 2. The molecule has 1 amide bonds. The van der Waals surface area contributed by atoms with Gasteiger partial charge >= 0.3 is 0 Å². The van der Waals surface area contributed by atoms with Gasteiger partial charge in [0.05, 0.1) is 10.9 Å². The minimum absolute atomic E-state index is 0.0593. The number of carbonyl (C=O) groups excluding carboxylic acids is 3. The highest BCUT2D eigenvalue weighted by molar-refractivity contribution is 7.89. The first-order chi connectivity index (χ1) is 16.7. The van der Waals surface area contributed by atoms with E-state index in [1.54, 1.807) is 44.4 Å². The lowest BCUT2D eigenvalue weighted by molar-refractivity contribution is -0.141. The lowest BCUT2D eigenvalue weighted by Crippen LogP contribution is -2.46. The number of hydrogen-bond acceptors (Lipinski definition) is 6. The Morgan fingerprint density at radius 3 is 2.54 bits per heavy atom. The van der Waals surface area contributed by atoms with Gasteiger partial charge in [-0.25, -0.2) is 13.1 Å². The molecule has 9 heteroatoms. The van der Waals surface area contributed by atoms with E-state index in [0.717, 1.165) is 30.4 Å². The first-order valence-electron chi connectivity index (χ1n) is 12.0. The summed E-state index contributed by atoms with van der Waals surface area (Å²) in [5.74, 6) is -2.94. The average molecular weight is 500 g/mol. The molecule has 0 bridgehead atoms. The number of nitrogens with one attached hydrogen (secondary N) is 2. The molecule has 35 heavy (non-hydrogen) atoms. The SMILES string of the molecule is CC(C)C(NS(=O)(=O)c1ccccc1)C(=O)CC1CCc2cnccc2CCCCNC(=O)C1=O. The van der Waals surface area contributed by atoms with Gasteiger partial charge in [-0.1, -0.05) is 32.0 Å². The van der Waals surface area contributed by atoms with Crippen LogP contribution in [0.4, 0.5) is 0 Å². The number of carbonyl (C=O) groups is 3. The molecule has 2 heterocycles. The minimum Gasteiger partial charge on any atom is -0.349 e. The van der Waals surface area contributed by atoms with Crippen molar-refractivity contribution in [1.29, 1.82) is 0 Å². The predicted octanol–water partition coefficient (Wildman–Crippen LogP) is 2.61. The van der Waals surface area contributed by atoms with E-state index in [4.69, 9.17) is 0 Å². The molecule has 8 nitrogen and oxygen atoms in total. The summed E-state index contributed by atoms with van der Waals surface area (Å²) in [4.78, 5) is 43.0. The van der Waals surface area contributed by atoms with Crippen LogP contribution in [-0.2, 0) is 37.2 Å². The molecule has 2 N–H and O–H groups in total. The molecule has 1 aliphatic heterocycles. The maximum Gasteiger partial charge on any atom is 0.287 e. The van der Waals surface area contributed by atoms with E-state index in [-0.39, 0.29) is 17.2 Å². The van der Waals surface area contributed by atoms with Crippen molar-refractivity contribution in [2.24, 2.45) is 11.8 Å². The van der Waals surface area contributed by atoms with E-state index < -0.39 is 39.5 Å². The maximum atomic E-state index is 13.3. The van der Waals surface area contributed by atoms with Crippen molar-refractivity contribution in [3.63, 3.8) is 0 Å². The third-order valence-electron chi connectivity index (χ3n) is 6.32. The molecule has 188 valence electrons. The van der Waals surface area contributed by atoms with Gasteiger partial charge in [0.1, 0.15) is 0 Å². The highest BCUT2D eigenvalue weighted by Crippen LogP contribution is 2.22. The summed E-state index contributed by atoms with van der Waals surface area (Å²) in [7, 11) is -3.93. The predicted molar refractivity (Wildman–Crippen MR) is 132 cm³/mol. The van der Waals surface area contributed by atoms with Gasteiger partial charge in [-0.2, -0.15) is 0 Å². The second-order valence-corrected chi connectivity index (χ2v) is 11.0. The standard InChI is InChI=1S/C26H33N3O5S/c1-18(2)24(29-35(33,34)22-9-4-3-5-10-22)23(30)16-20-11-12-21-17-27-15-13-19(21)8-6-7-14-28-26(32)25(20)31/h3-5,9-10,13,15,17-18,20,24,29H,6-8,11-12,14,16H2,1-2H3,(H,28,32). The highest BCUT2D eigenvalue weighted by Gasteiger charge is 2.33. The van der Waals surface area contributed by atoms with Crippen LogP contribution in [0.3, 0.4) is 0 Å². The van der Waals surface area contributed by atoms with E-state index >= 15 is 0 Å². The van der Waals surface area contributed by atoms with Gasteiger partial charge in [0, 0.05) is 31.3 Å². The number of fused-ring (bicyclic) bond motifs is 1. The van der Waals surface area contributed by atoms with Crippen LogP contribution < -0.4 is 10.0 Å². The average Bonchev–Trinajstić information content (AvgIpc) is 2.84. The number of aryl methyl sites for hydroxylation is 2. The van der Waals surface area contributed by atoms with E-state index in [1.807, 2.05) is 6.07 Å². The van der Waals surface area contributed by atoms with Crippen molar-refractivity contribution in [1.82, 2.24) is 15.0 Å². The molecule has 2 aromatic rings. The highest BCUT2D eigenvalue weighted by atomic mass is 32.2. The molecule has 0 aliphatic carbocycles. The van der Waals surface area contributed by atoms with Crippen molar-refractivity contribution in [3.8, 4) is 0 Å². The smallest absolute Gasteiger partial charge is 0.287 e. The molecule has 1 aliphatic rings. The fraction of sp³-hybridized carbons (Fsp3) is 0.462. The Balaban J connectivity index is 1.81. The Morgan fingerprint density at radius 2 is 1.83 bits per heavy atom. The van der Waals surface area contributed by atoms with Crippen LogP contribution in [0, 0.1) is 11.8 Å². The topological polar surface area (TPSA) is 122 Å². The molecule has 0 saturated heterocycles. The summed E-state index contributed by atoms with van der Waals surface area (Å²) in [6, 6.07) is 8.77. The fourth-order valence-electron chi connectivity index (χ4n) is 4.27. The van der Waals surface area contributed by atoms with Gasteiger partial charge in [0.15, 0.2) is 5.78 Å². The van der Waals surface area contributed by atoms with Crippen LogP contribution in [0.25, 0.3) is 0 Å². The molecular weight excluding hydrogens is 466 g/mol. The minimum atomic E-state index is -3.93. The summed E-state index contributed by atoms with van der Waals surface area (Å²) < 4.78 is 28.2. The zero-order valence-electron chi connectivity index (χ0n) is 20.2. The maximum absolute atomic E-state index is 13.3. The Kier molecular flexibility index (Phi) is 9.28. The zero-order valence-corrected chi connectivity index (χ0v) is 21.0. The number of ketones is 2. The molecule has 0 fully saturated rings. The Morgan fingerprint density at radius 1 is 1.09 bits per heavy atom. The van der Waals surface area contributed by atoms with Crippen LogP contribution in [0.15, 0.2) is 53.7 Å². The van der Waals surface area contributed by atoms with Gasteiger partial charge in [-0.3, -0.25) is 19.4 Å². The number of aromatic nitrogens is 1. The van der Waals surface area contributed by atoms with Crippen molar-refractivity contribution >= 4 is 27.5 Å². The van der Waals surface area contributed by atoms with Gasteiger partial charge < -0.3 is 5.32 Å². The summed E-state index contributed by atoms with van der Waals surface area (Å²) in [5, 5.41) is 2.67. The molecular formula is C26H33N3O5S. The fourth-order valence-corrected chi connectivity index (χ4v) is 5.66. The molecule has 0 radical (unpaired) electrons. The van der Waals surface area contributed by atoms with Crippen molar-refractivity contribution in [3.05, 3.63) is 59.9 Å². The number of pyridine rings is 1. The number of amides is 1. The number of rotatable bonds is 7. The Labute approximate surface area is 207 Å². The second kappa shape index (κ2) is 12.2. The lowest BCUT2D eigenvalue weighted by atomic mass is 9.86. The molecule has 2 unspecified atom stereocenters. The first kappa shape index (κ1) is 26.7. The van der Waals surface area contributed by atoms with Gasteiger partial charge in [-0.15, -0.1) is 0 Å². The molecule has 1 aromatic carbocycles. The molecule has 0 saturated carbocycles. The lowest BCUT2D eigenvalue weighted by Gasteiger charge is -2.24. The van der Waals surface area contributed by atoms with E-state index in [0.29, 0.717) is 19.4 Å². The van der Waals surface area contributed by atoms with Crippen molar-refractivity contribution in [2.45, 2.75) is 63.3 Å². The summed E-state index contributed by atoms with van der Waals surface area (Å²) >= 11 is 0. The van der Waals surface area contributed by atoms with Crippen LogP contribution in [0.1, 0.15) is 50.7 Å². The third-order valence-corrected chi connectivity index (χ3v) is 7.77. The monoisotopic (exact) mass is 499 g/mol. The quantitative estimate of drug-likeness (QED) is 0.565. The van der Waals surface area contributed by atoms with Crippen LogP contribution in [0.5, 0.6) is 0 Å². The van der Waals surface area contributed by atoms with Crippen LogP contribution in [-0.4, -0.2) is 43.5 Å². The first-order valence-corrected chi connectivity index (χ1v) is 13.5. The Bertz CT molecular complexity index is 1150. The van der Waals surface area contributed by atoms with Crippen molar-refractivity contribution < 1.29 is 22.8 Å². The second-order valence-electron chi connectivity index (χ2n) is 9.28.